The summed E-state index contributed by atoms with van der Waals surface area (Å²) >= 11 is 0. The fourth-order valence-corrected chi connectivity index (χ4v) is 1.89. The molecule has 1 fully saturated rings. The smallest absolute Gasteiger partial charge is 0.409 e. The molecule has 0 radical (unpaired) electrons. The van der Waals surface area contributed by atoms with Crippen LogP contribution in [0.3, 0.4) is 0 Å². The van der Waals surface area contributed by atoms with Gasteiger partial charge in [-0.25, -0.2) is 4.79 Å². The van der Waals surface area contributed by atoms with Crippen molar-refractivity contribution in [2.24, 2.45) is 0 Å². The Balaban J connectivity index is 2.71. The first kappa shape index (κ1) is 12.9. The van der Waals surface area contributed by atoms with Crippen molar-refractivity contribution in [2.45, 2.75) is 25.5 Å². The number of carboxylic acid groups (broad SMARTS) is 1. The molecule has 1 heterocycles. The van der Waals surface area contributed by atoms with Crippen LogP contribution in [0.15, 0.2) is 0 Å². The van der Waals surface area contributed by atoms with E-state index in [1.807, 2.05) is 6.92 Å². The molecule has 92 valence electrons. The zero-order valence-electron chi connectivity index (χ0n) is 9.44. The van der Waals surface area contributed by atoms with Crippen LogP contribution in [0.5, 0.6) is 0 Å². The molecule has 0 aromatic carbocycles. The average molecular weight is 230 g/mol. The Morgan fingerprint density at radius 2 is 2.44 bits per heavy atom. The number of nitrogens with one attached hydrogen (secondary N) is 1. The monoisotopic (exact) mass is 230 g/mol. The van der Waals surface area contributed by atoms with Crippen molar-refractivity contribution in [1.82, 2.24) is 10.2 Å². The Hall–Kier alpha value is -1.14. The van der Waals surface area contributed by atoms with Crippen LogP contribution in [0.2, 0.25) is 0 Å². The summed E-state index contributed by atoms with van der Waals surface area (Å²) in [5.74, 6) is 0. The number of hydrogen-bond acceptors (Lipinski definition) is 4. The van der Waals surface area contributed by atoms with Gasteiger partial charge in [-0.3, -0.25) is 4.90 Å². The summed E-state index contributed by atoms with van der Waals surface area (Å²) in [5, 5.41) is 12.2. The van der Waals surface area contributed by atoms with Gasteiger partial charge < -0.3 is 20.0 Å². The largest absolute Gasteiger partial charge is 0.465 e. The molecule has 6 heteroatoms. The number of piperazine rings is 1. The lowest BCUT2D eigenvalue weighted by Gasteiger charge is -2.44. The molecule has 1 unspecified atom stereocenters. The Labute approximate surface area is 94.6 Å². The van der Waals surface area contributed by atoms with Gasteiger partial charge in [-0.2, -0.15) is 0 Å². The van der Waals surface area contributed by atoms with Crippen LogP contribution in [-0.2, 0) is 9.53 Å². The SMILES string of the molecule is CCC1(OCCC=O)CNCCN1C(=O)O. The number of hydrogen-bond donors (Lipinski definition) is 2. The summed E-state index contributed by atoms with van der Waals surface area (Å²) in [6.45, 7) is 3.64. The Kier molecular flexibility index (Phi) is 4.70. The minimum Gasteiger partial charge on any atom is -0.465 e. The predicted molar refractivity (Wildman–Crippen MR) is 57.3 cm³/mol. The van der Waals surface area contributed by atoms with E-state index in [0.29, 0.717) is 26.1 Å². The average Bonchev–Trinajstić information content (AvgIpc) is 2.29. The lowest BCUT2D eigenvalue weighted by molar-refractivity contribution is -0.153. The van der Waals surface area contributed by atoms with Gasteiger partial charge >= 0.3 is 6.09 Å². The van der Waals surface area contributed by atoms with Crippen LogP contribution in [0.1, 0.15) is 19.8 Å². The summed E-state index contributed by atoms with van der Waals surface area (Å²) in [6.07, 6.45) is 0.639. The highest BCUT2D eigenvalue weighted by molar-refractivity contribution is 5.66. The molecule has 0 saturated carbocycles. The first-order chi connectivity index (χ1) is 7.66. The molecule has 0 aliphatic carbocycles. The fraction of sp³-hybridized carbons (Fsp3) is 0.800. The minimum atomic E-state index is -0.977. The molecule has 6 nitrogen and oxygen atoms in total. The molecule has 16 heavy (non-hydrogen) atoms. The van der Waals surface area contributed by atoms with Crippen molar-refractivity contribution >= 4 is 12.4 Å². The summed E-state index contributed by atoms with van der Waals surface area (Å²) in [7, 11) is 0. The molecule has 1 aliphatic rings. The number of rotatable bonds is 5. The zero-order chi connectivity index (χ0) is 12.0. The second-order valence-corrected chi connectivity index (χ2v) is 3.71. The highest BCUT2D eigenvalue weighted by Gasteiger charge is 2.41. The van der Waals surface area contributed by atoms with Gasteiger partial charge in [0.15, 0.2) is 5.72 Å². The molecule has 0 aromatic rings. The van der Waals surface area contributed by atoms with Crippen molar-refractivity contribution < 1.29 is 19.4 Å². The van der Waals surface area contributed by atoms with Gasteiger partial charge in [0, 0.05) is 26.1 Å². The molecule has 1 saturated heterocycles. The second kappa shape index (κ2) is 5.81. The summed E-state index contributed by atoms with van der Waals surface area (Å²) in [4.78, 5) is 22.7. The number of carbonyl (C=O) groups excluding carboxylic acids is 1. The summed E-state index contributed by atoms with van der Waals surface area (Å²) in [5.41, 5.74) is -0.826. The van der Waals surface area contributed by atoms with E-state index in [9.17, 15) is 9.59 Å². The highest BCUT2D eigenvalue weighted by atomic mass is 16.5. The molecule has 1 aliphatic heterocycles. The van der Waals surface area contributed by atoms with Crippen LogP contribution in [-0.4, -0.2) is 54.4 Å². The first-order valence-corrected chi connectivity index (χ1v) is 5.45. The van der Waals surface area contributed by atoms with Gasteiger partial charge in [0.05, 0.1) is 6.61 Å². The van der Waals surface area contributed by atoms with Crippen molar-refractivity contribution in [1.29, 1.82) is 0 Å². The van der Waals surface area contributed by atoms with Gasteiger partial charge in [0.2, 0.25) is 0 Å². The van der Waals surface area contributed by atoms with Crippen LogP contribution in [0.4, 0.5) is 4.79 Å². The third kappa shape index (κ3) is 2.70. The molecule has 0 bridgehead atoms. The van der Waals surface area contributed by atoms with Crippen molar-refractivity contribution in [3.63, 3.8) is 0 Å². The molecular weight excluding hydrogens is 212 g/mol. The van der Waals surface area contributed by atoms with E-state index in [1.165, 1.54) is 4.90 Å². The van der Waals surface area contributed by atoms with Gasteiger partial charge in [-0.05, 0) is 6.42 Å². The zero-order valence-corrected chi connectivity index (χ0v) is 9.44. The van der Waals surface area contributed by atoms with Crippen LogP contribution >= 0.6 is 0 Å². The molecule has 1 rings (SSSR count). The lowest BCUT2D eigenvalue weighted by Crippen LogP contribution is -2.64. The van der Waals surface area contributed by atoms with Crippen LogP contribution in [0, 0.1) is 0 Å². The standard InChI is InChI=1S/C10H18N2O4/c1-2-10(16-7-3-6-13)8-11-4-5-12(10)9(14)15/h6,11H,2-5,7-8H2,1H3,(H,14,15). The minimum absolute atomic E-state index is 0.253. The normalized spacial score (nSPS) is 25.4. The van der Waals surface area contributed by atoms with E-state index in [2.05, 4.69) is 5.32 Å². The van der Waals surface area contributed by atoms with Crippen molar-refractivity contribution in [3.05, 3.63) is 0 Å². The number of aldehydes is 1. The fourth-order valence-electron chi connectivity index (χ4n) is 1.89. The number of amides is 1. The maximum atomic E-state index is 11.1. The van der Waals surface area contributed by atoms with E-state index in [4.69, 9.17) is 9.84 Å². The van der Waals surface area contributed by atoms with E-state index < -0.39 is 11.8 Å². The Bertz CT molecular complexity index is 259. The van der Waals surface area contributed by atoms with E-state index >= 15 is 0 Å². The second-order valence-electron chi connectivity index (χ2n) is 3.71. The number of ether oxygens (including phenoxy) is 1. The molecular formula is C10H18N2O4. The van der Waals surface area contributed by atoms with Crippen molar-refractivity contribution in [2.75, 3.05) is 26.2 Å². The molecule has 0 spiro atoms. The third-order valence-corrected chi connectivity index (χ3v) is 2.80. The number of carbonyl (C=O) groups is 2. The van der Waals surface area contributed by atoms with Crippen LogP contribution in [0.25, 0.3) is 0 Å². The first-order valence-electron chi connectivity index (χ1n) is 5.45. The number of nitrogens with zero attached hydrogens (tertiary/aromatic N) is 1. The Morgan fingerprint density at radius 1 is 1.69 bits per heavy atom. The maximum Gasteiger partial charge on any atom is 0.409 e. The summed E-state index contributed by atoms with van der Waals surface area (Å²) < 4.78 is 5.59. The van der Waals surface area contributed by atoms with E-state index in [1.54, 1.807) is 0 Å². The Morgan fingerprint density at radius 3 is 3.00 bits per heavy atom. The molecule has 0 aromatic heterocycles. The van der Waals surface area contributed by atoms with Gasteiger partial charge in [-0.15, -0.1) is 0 Å². The quantitative estimate of drug-likeness (QED) is 0.524. The molecule has 2 N–H and O–H groups in total. The highest BCUT2D eigenvalue weighted by Crippen LogP contribution is 2.23. The predicted octanol–water partition coefficient (Wildman–Crippen LogP) is 0.282. The molecule has 1 atom stereocenters. The maximum absolute atomic E-state index is 11.1. The topological polar surface area (TPSA) is 78.9 Å². The van der Waals surface area contributed by atoms with Gasteiger partial charge in [-0.1, -0.05) is 6.92 Å². The lowest BCUT2D eigenvalue weighted by atomic mass is 10.1. The summed E-state index contributed by atoms with van der Waals surface area (Å²) in [6, 6.07) is 0. The van der Waals surface area contributed by atoms with Crippen LogP contribution < -0.4 is 5.32 Å². The van der Waals surface area contributed by atoms with Gasteiger partial charge in [0.1, 0.15) is 6.29 Å². The van der Waals surface area contributed by atoms with Crippen molar-refractivity contribution in [3.8, 4) is 0 Å². The van der Waals surface area contributed by atoms with E-state index in [-0.39, 0.29) is 13.0 Å². The van der Waals surface area contributed by atoms with E-state index in [0.717, 1.165) is 6.29 Å². The van der Waals surface area contributed by atoms with Gasteiger partial charge in [0.25, 0.3) is 0 Å². The third-order valence-electron chi connectivity index (χ3n) is 2.80. The molecule has 1 amide bonds.